The number of hydrogen-bond donors (Lipinski definition) is 2. The lowest BCUT2D eigenvalue weighted by atomic mass is 10.0. The molecule has 1 atom stereocenters. The van der Waals surface area contributed by atoms with Crippen molar-refractivity contribution in [2.45, 2.75) is 32.5 Å². The third-order valence-corrected chi connectivity index (χ3v) is 5.82. The Morgan fingerprint density at radius 3 is 2.74 bits per heavy atom. The monoisotopic (exact) mass is 455 g/mol. The summed E-state index contributed by atoms with van der Waals surface area (Å²) in [4.78, 5) is 18.6. The van der Waals surface area contributed by atoms with Gasteiger partial charge in [0.1, 0.15) is 11.6 Å². The second-order valence-corrected chi connectivity index (χ2v) is 7.69. The van der Waals surface area contributed by atoms with Gasteiger partial charge in [-0.25, -0.2) is 14.4 Å². The van der Waals surface area contributed by atoms with Crippen LogP contribution in [-0.2, 0) is 6.18 Å². The Bertz CT molecular complexity index is 1090. The SMILES string of the molecule is Cc1cc(N2NNC3=C2CCN(C(=O)c2cccc(C(F)(F)F)c2Cl)[C@@H]3C)ncc1F. The smallest absolute Gasteiger partial charge is 0.330 e. The van der Waals surface area contributed by atoms with E-state index in [0.717, 1.165) is 18.0 Å². The summed E-state index contributed by atoms with van der Waals surface area (Å²) in [6.45, 7) is 3.64. The fourth-order valence-electron chi connectivity index (χ4n) is 3.73. The largest absolute Gasteiger partial charge is 0.417 e. The number of aryl methyl sites for hydroxylation is 1. The number of rotatable bonds is 2. The predicted octanol–water partition coefficient (Wildman–Crippen LogP) is 4.18. The lowest BCUT2D eigenvalue weighted by Gasteiger charge is -2.35. The van der Waals surface area contributed by atoms with Crippen LogP contribution in [0.1, 0.15) is 34.8 Å². The van der Waals surface area contributed by atoms with Crippen LogP contribution in [0.15, 0.2) is 41.9 Å². The van der Waals surface area contributed by atoms with E-state index < -0.39 is 34.5 Å². The first-order chi connectivity index (χ1) is 14.6. The number of benzene rings is 1. The third-order valence-electron chi connectivity index (χ3n) is 5.41. The summed E-state index contributed by atoms with van der Waals surface area (Å²) in [5, 5.41) is 1.05. The third kappa shape index (κ3) is 3.70. The summed E-state index contributed by atoms with van der Waals surface area (Å²) in [5.41, 5.74) is 6.60. The molecule has 164 valence electrons. The number of carbonyl (C=O) groups is 1. The molecular weight excluding hydrogens is 438 g/mol. The molecule has 0 bridgehead atoms. The molecule has 1 aromatic carbocycles. The molecule has 2 aromatic rings. The zero-order valence-corrected chi connectivity index (χ0v) is 17.3. The van der Waals surface area contributed by atoms with Crippen LogP contribution < -0.4 is 16.0 Å². The summed E-state index contributed by atoms with van der Waals surface area (Å²) in [7, 11) is 0. The van der Waals surface area contributed by atoms with Crippen molar-refractivity contribution in [3.63, 3.8) is 0 Å². The van der Waals surface area contributed by atoms with Crippen molar-refractivity contribution in [1.29, 1.82) is 0 Å². The molecule has 6 nitrogen and oxygen atoms in total. The number of anilines is 1. The maximum Gasteiger partial charge on any atom is 0.417 e. The molecule has 1 amide bonds. The van der Waals surface area contributed by atoms with Gasteiger partial charge in [0, 0.05) is 13.0 Å². The van der Waals surface area contributed by atoms with Gasteiger partial charge in [-0.3, -0.25) is 4.79 Å². The average Bonchev–Trinajstić information content (AvgIpc) is 3.14. The minimum Gasteiger partial charge on any atom is -0.330 e. The molecule has 0 fully saturated rings. The van der Waals surface area contributed by atoms with E-state index in [9.17, 15) is 22.4 Å². The van der Waals surface area contributed by atoms with E-state index >= 15 is 0 Å². The standard InChI is InChI=1S/C20H18ClF4N5O/c1-10-8-16(26-9-14(10)22)30-15-6-7-29(11(2)18(15)27-28-30)19(31)12-4-3-5-13(17(12)21)20(23,24)25/h3-5,8-9,11,27-28H,6-7H2,1-2H3/t11-/m1/s1. The zero-order valence-electron chi connectivity index (χ0n) is 16.5. The minimum absolute atomic E-state index is 0.203. The predicted molar refractivity (Wildman–Crippen MR) is 106 cm³/mol. The lowest BCUT2D eigenvalue weighted by Crippen LogP contribution is -2.46. The summed E-state index contributed by atoms with van der Waals surface area (Å²) < 4.78 is 53.1. The van der Waals surface area contributed by atoms with Crippen LogP contribution in [0.3, 0.4) is 0 Å². The van der Waals surface area contributed by atoms with Gasteiger partial charge in [0.05, 0.1) is 39.8 Å². The van der Waals surface area contributed by atoms with Crippen molar-refractivity contribution < 1.29 is 22.4 Å². The number of amides is 1. The van der Waals surface area contributed by atoms with Gasteiger partial charge in [0.25, 0.3) is 5.91 Å². The second kappa shape index (κ2) is 7.69. The molecule has 2 aliphatic heterocycles. The van der Waals surface area contributed by atoms with Crippen molar-refractivity contribution in [2.75, 3.05) is 11.6 Å². The maximum atomic E-state index is 13.6. The van der Waals surface area contributed by atoms with Crippen LogP contribution in [0, 0.1) is 12.7 Å². The average molecular weight is 456 g/mol. The summed E-state index contributed by atoms with van der Waals surface area (Å²) in [6, 6.07) is 4.41. The Balaban J connectivity index is 1.62. The molecule has 0 spiro atoms. The van der Waals surface area contributed by atoms with Crippen LogP contribution in [0.2, 0.25) is 5.02 Å². The highest BCUT2D eigenvalue weighted by atomic mass is 35.5. The molecule has 0 aliphatic carbocycles. The molecule has 2 aliphatic rings. The van der Waals surface area contributed by atoms with Crippen LogP contribution in [0.5, 0.6) is 0 Å². The van der Waals surface area contributed by atoms with Crippen molar-refractivity contribution in [3.8, 4) is 0 Å². The van der Waals surface area contributed by atoms with Gasteiger partial charge in [-0.05, 0) is 37.6 Å². The maximum absolute atomic E-state index is 13.6. The number of halogens is 5. The van der Waals surface area contributed by atoms with Crippen molar-refractivity contribution >= 4 is 23.3 Å². The molecule has 4 rings (SSSR count). The molecule has 0 unspecified atom stereocenters. The number of nitrogens with zero attached hydrogens (tertiary/aromatic N) is 3. The van der Waals surface area contributed by atoms with E-state index in [1.54, 1.807) is 24.9 Å². The molecule has 0 saturated heterocycles. The van der Waals surface area contributed by atoms with Gasteiger partial charge in [0.15, 0.2) is 0 Å². The highest BCUT2D eigenvalue weighted by Gasteiger charge is 2.39. The van der Waals surface area contributed by atoms with Gasteiger partial charge in [-0.15, -0.1) is 5.53 Å². The first-order valence-electron chi connectivity index (χ1n) is 9.43. The Morgan fingerprint density at radius 2 is 2.06 bits per heavy atom. The normalized spacial score (nSPS) is 18.9. The molecular formula is C20H18ClF4N5O. The van der Waals surface area contributed by atoms with Crippen molar-refractivity contribution in [2.24, 2.45) is 0 Å². The number of hydrazine groups is 2. The van der Waals surface area contributed by atoms with Crippen LogP contribution in [0.25, 0.3) is 0 Å². The minimum atomic E-state index is -4.66. The van der Waals surface area contributed by atoms with Crippen molar-refractivity contribution in [1.82, 2.24) is 20.8 Å². The summed E-state index contributed by atoms with van der Waals surface area (Å²) in [6.07, 6.45) is -3.13. The van der Waals surface area contributed by atoms with Crippen LogP contribution >= 0.6 is 11.6 Å². The number of pyridine rings is 1. The van der Waals surface area contributed by atoms with Gasteiger partial charge < -0.3 is 10.3 Å². The van der Waals surface area contributed by atoms with Gasteiger partial charge in [-0.1, -0.05) is 17.7 Å². The Morgan fingerprint density at radius 1 is 1.32 bits per heavy atom. The highest BCUT2D eigenvalue weighted by Crippen LogP contribution is 2.37. The molecule has 3 heterocycles. The van der Waals surface area contributed by atoms with Crippen molar-refractivity contribution in [3.05, 3.63) is 69.4 Å². The number of hydrogen-bond acceptors (Lipinski definition) is 5. The number of alkyl halides is 3. The van der Waals surface area contributed by atoms with E-state index in [0.29, 0.717) is 23.5 Å². The molecule has 0 saturated carbocycles. The quantitative estimate of drug-likeness (QED) is 0.665. The number of nitrogens with one attached hydrogen (secondary N) is 2. The van der Waals surface area contributed by atoms with E-state index in [-0.39, 0.29) is 12.1 Å². The molecule has 2 N–H and O–H groups in total. The number of carbonyl (C=O) groups excluding carboxylic acids is 1. The Hall–Kier alpha value is -2.85. The molecule has 0 radical (unpaired) electrons. The van der Waals surface area contributed by atoms with Gasteiger partial charge in [-0.2, -0.15) is 13.2 Å². The van der Waals surface area contributed by atoms with E-state index in [4.69, 9.17) is 11.6 Å². The lowest BCUT2D eigenvalue weighted by molar-refractivity contribution is -0.137. The molecule has 1 aromatic heterocycles. The Labute approximate surface area is 180 Å². The van der Waals surface area contributed by atoms with E-state index in [1.807, 2.05) is 0 Å². The fourth-order valence-corrected chi connectivity index (χ4v) is 4.05. The summed E-state index contributed by atoms with van der Waals surface area (Å²) in [5.74, 6) is -0.535. The fraction of sp³-hybridized carbons (Fsp3) is 0.300. The van der Waals surface area contributed by atoms with E-state index in [2.05, 4.69) is 15.9 Å². The van der Waals surface area contributed by atoms with Gasteiger partial charge >= 0.3 is 6.18 Å². The van der Waals surface area contributed by atoms with Crippen LogP contribution in [-0.4, -0.2) is 28.4 Å². The van der Waals surface area contributed by atoms with Crippen LogP contribution in [0.4, 0.5) is 23.4 Å². The Kier molecular flexibility index (Phi) is 5.30. The number of aromatic nitrogens is 1. The zero-order chi connectivity index (χ0) is 22.5. The molecule has 31 heavy (non-hydrogen) atoms. The second-order valence-electron chi connectivity index (χ2n) is 7.31. The first kappa shape index (κ1) is 21.4. The highest BCUT2D eigenvalue weighted by molar-refractivity contribution is 6.34. The summed E-state index contributed by atoms with van der Waals surface area (Å²) >= 11 is 5.94. The van der Waals surface area contributed by atoms with Gasteiger partial charge in [0.2, 0.25) is 0 Å². The topological polar surface area (TPSA) is 60.5 Å². The molecule has 11 heteroatoms. The first-order valence-corrected chi connectivity index (χ1v) is 9.81. The van der Waals surface area contributed by atoms with E-state index in [1.165, 1.54) is 17.0 Å².